The Morgan fingerprint density at radius 1 is 1.00 bits per heavy atom. The number of carbonyl (C=O) groups is 1. The topological polar surface area (TPSA) is 50.7 Å². The van der Waals surface area contributed by atoms with E-state index in [0.29, 0.717) is 12.3 Å². The van der Waals surface area contributed by atoms with Crippen LogP contribution >= 0.6 is 0 Å². The molecule has 0 spiro atoms. The van der Waals surface area contributed by atoms with Crippen molar-refractivity contribution in [1.82, 2.24) is 0 Å². The van der Waals surface area contributed by atoms with Crippen molar-refractivity contribution < 1.29 is 9.63 Å². The van der Waals surface area contributed by atoms with E-state index in [1.165, 1.54) is 0 Å². The molecule has 1 heterocycles. The predicted octanol–water partition coefficient (Wildman–Crippen LogP) is 2.56. The highest BCUT2D eigenvalue weighted by atomic mass is 16.6. The van der Waals surface area contributed by atoms with E-state index in [9.17, 15) is 4.79 Å². The number of amides is 1. The number of fused-ring (bicyclic) bond motifs is 1. The molecule has 0 fully saturated rings. The van der Waals surface area contributed by atoms with Crippen LogP contribution in [0.25, 0.3) is 0 Å². The lowest BCUT2D eigenvalue weighted by atomic mass is 10.1. The van der Waals surface area contributed by atoms with Crippen molar-refractivity contribution in [2.45, 2.75) is 6.61 Å². The van der Waals surface area contributed by atoms with Gasteiger partial charge < -0.3 is 10.2 Å². The van der Waals surface area contributed by atoms with Crippen molar-refractivity contribution in [3.05, 3.63) is 65.7 Å². The third-order valence-corrected chi connectivity index (χ3v) is 2.88. The first kappa shape index (κ1) is 11.5. The van der Waals surface area contributed by atoms with Crippen LogP contribution in [-0.2, 0) is 16.2 Å². The number of nitrogens with one attached hydrogen (secondary N) is 1. The maximum atomic E-state index is 11.8. The van der Waals surface area contributed by atoms with Crippen molar-refractivity contribution in [3.63, 3.8) is 0 Å². The predicted molar refractivity (Wildman–Crippen MR) is 72.8 cm³/mol. The molecule has 1 amide bonds. The van der Waals surface area contributed by atoms with Crippen molar-refractivity contribution in [2.24, 2.45) is 5.16 Å². The molecule has 0 saturated carbocycles. The van der Waals surface area contributed by atoms with Crippen LogP contribution in [0.15, 0.2) is 59.8 Å². The van der Waals surface area contributed by atoms with E-state index in [4.69, 9.17) is 4.84 Å². The van der Waals surface area contributed by atoms with E-state index in [0.717, 1.165) is 16.8 Å². The Bertz CT molecular complexity index is 636. The van der Waals surface area contributed by atoms with Gasteiger partial charge in [0.05, 0.1) is 5.69 Å². The summed E-state index contributed by atoms with van der Waals surface area (Å²) in [6.45, 7) is 0.347. The molecule has 0 saturated heterocycles. The third kappa shape index (κ3) is 2.33. The highest BCUT2D eigenvalue weighted by molar-refractivity contribution is 6.53. The monoisotopic (exact) mass is 252 g/mol. The Balaban J connectivity index is 1.76. The minimum atomic E-state index is -0.228. The van der Waals surface area contributed by atoms with Crippen molar-refractivity contribution in [3.8, 4) is 0 Å². The molecule has 0 atom stereocenters. The van der Waals surface area contributed by atoms with Gasteiger partial charge in [0.25, 0.3) is 5.91 Å². The fourth-order valence-corrected chi connectivity index (χ4v) is 1.94. The lowest BCUT2D eigenvalue weighted by Gasteiger charge is -2.00. The van der Waals surface area contributed by atoms with Gasteiger partial charge in [-0.05, 0) is 11.6 Å². The van der Waals surface area contributed by atoms with Crippen LogP contribution < -0.4 is 5.32 Å². The second kappa shape index (κ2) is 4.94. The number of oxime groups is 1. The second-order valence-electron chi connectivity index (χ2n) is 4.20. The summed E-state index contributed by atoms with van der Waals surface area (Å²) in [6, 6.07) is 17.1. The lowest BCUT2D eigenvalue weighted by Crippen LogP contribution is -2.14. The van der Waals surface area contributed by atoms with Gasteiger partial charge in [-0.3, -0.25) is 4.79 Å². The van der Waals surface area contributed by atoms with Crippen LogP contribution in [0.1, 0.15) is 11.1 Å². The molecule has 1 N–H and O–H groups in total. The zero-order valence-electron chi connectivity index (χ0n) is 10.2. The van der Waals surface area contributed by atoms with E-state index < -0.39 is 0 Å². The molecule has 2 aromatic rings. The number of carbonyl (C=O) groups excluding carboxylic acids is 1. The highest BCUT2D eigenvalue weighted by Crippen LogP contribution is 2.22. The maximum absolute atomic E-state index is 11.8. The normalized spacial score (nSPS) is 15.2. The van der Waals surface area contributed by atoms with Crippen molar-refractivity contribution in [1.29, 1.82) is 0 Å². The van der Waals surface area contributed by atoms with Crippen LogP contribution in [0.3, 0.4) is 0 Å². The summed E-state index contributed by atoms with van der Waals surface area (Å²) in [5.74, 6) is -0.228. The molecular formula is C15H12N2O2. The lowest BCUT2D eigenvalue weighted by molar-refractivity contribution is -0.110. The molecule has 4 heteroatoms. The van der Waals surface area contributed by atoms with Crippen molar-refractivity contribution >= 4 is 17.3 Å². The van der Waals surface area contributed by atoms with Gasteiger partial charge in [-0.1, -0.05) is 53.7 Å². The van der Waals surface area contributed by atoms with Crippen LogP contribution in [-0.4, -0.2) is 11.6 Å². The summed E-state index contributed by atoms with van der Waals surface area (Å²) >= 11 is 0. The Kier molecular flexibility index (Phi) is 2.98. The Labute approximate surface area is 110 Å². The summed E-state index contributed by atoms with van der Waals surface area (Å²) in [4.78, 5) is 17.0. The minimum absolute atomic E-state index is 0.228. The summed E-state index contributed by atoms with van der Waals surface area (Å²) in [5, 5.41) is 6.69. The van der Waals surface area contributed by atoms with E-state index >= 15 is 0 Å². The van der Waals surface area contributed by atoms with Gasteiger partial charge in [0, 0.05) is 5.56 Å². The van der Waals surface area contributed by atoms with Gasteiger partial charge in [-0.25, -0.2) is 0 Å². The first-order chi connectivity index (χ1) is 9.34. The van der Waals surface area contributed by atoms with Gasteiger partial charge in [0.2, 0.25) is 0 Å². The largest absolute Gasteiger partial charge is 0.390 e. The average Bonchev–Trinajstić information content (AvgIpc) is 2.76. The third-order valence-electron chi connectivity index (χ3n) is 2.88. The summed E-state index contributed by atoms with van der Waals surface area (Å²) in [7, 11) is 0. The number of para-hydroxylation sites is 1. The molecule has 19 heavy (non-hydrogen) atoms. The van der Waals surface area contributed by atoms with E-state index in [2.05, 4.69) is 10.5 Å². The van der Waals surface area contributed by atoms with Gasteiger partial charge in [-0.15, -0.1) is 0 Å². The number of hydrogen-bond acceptors (Lipinski definition) is 3. The Hall–Kier alpha value is -2.62. The molecule has 2 aromatic carbocycles. The first-order valence-electron chi connectivity index (χ1n) is 5.99. The molecule has 4 nitrogen and oxygen atoms in total. The minimum Gasteiger partial charge on any atom is -0.390 e. The number of hydrogen-bond donors (Lipinski definition) is 1. The standard InChI is InChI=1S/C15H12N2O2/c18-15-14(12-8-4-5-9-13(12)16-15)17-19-10-11-6-2-1-3-7-11/h1-9H,10H2,(H,16,17,18). The summed E-state index contributed by atoms with van der Waals surface area (Å²) in [6.07, 6.45) is 0. The number of rotatable bonds is 3. The Morgan fingerprint density at radius 2 is 1.74 bits per heavy atom. The fourth-order valence-electron chi connectivity index (χ4n) is 1.94. The average molecular weight is 252 g/mol. The van der Waals surface area contributed by atoms with E-state index in [1.54, 1.807) is 0 Å². The zero-order valence-corrected chi connectivity index (χ0v) is 10.2. The summed E-state index contributed by atoms with van der Waals surface area (Å²) in [5.41, 5.74) is 2.89. The molecule has 1 aliphatic heterocycles. The number of benzene rings is 2. The maximum Gasteiger partial charge on any atom is 0.278 e. The molecule has 0 aliphatic carbocycles. The molecule has 0 unspecified atom stereocenters. The van der Waals surface area contributed by atoms with Crippen LogP contribution in [0.4, 0.5) is 5.69 Å². The van der Waals surface area contributed by atoms with Gasteiger partial charge in [0.1, 0.15) is 6.61 Å². The van der Waals surface area contributed by atoms with Crippen LogP contribution in [0, 0.1) is 0 Å². The first-order valence-corrected chi connectivity index (χ1v) is 5.99. The molecule has 0 radical (unpaired) electrons. The number of nitrogens with zero attached hydrogens (tertiary/aromatic N) is 1. The van der Waals surface area contributed by atoms with Gasteiger partial charge in [0.15, 0.2) is 5.71 Å². The second-order valence-corrected chi connectivity index (χ2v) is 4.20. The molecule has 94 valence electrons. The Morgan fingerprint density at radius 3 is 2.58 bits per heavy atom. The molecule has 0 aromatic heterocycles. The quantitative estimate of drug-likeness (QED) is 0.853. The fraction of sp³-hybridized carbons (Fsp3) is 0.0667. The van der Waals surface area contributed by atoms with Crippen molar-refractivity contribution in [2.75, 3.05) is 5.32 Å². The molecule has 1 aliphatic rings. The highest BCUT2D eigenvalue weighted by Gasteiger charge is 2.25. The van der Waals surface area contributed by atoms with E-state index in [1.807, 2.05) is 54.6 Å². The number of anilines is 1. The van der Waals surface area contributed by atoms with E-state index in [-0.39, 0.29) is 5.91 Å². The van der Waals surface area contributed by atoms with Crippen LogP contribution in [0.2, 0.25) is 0 Å². The summed E-state index contributed by atoms with van der Waals surface area (Å²) < 4.78 is 0. The SMILES string of the molecule is O=C1Nc2ccccc2/C1=N/OCc1ccccc1. The molecule has 0 bridgehead atoms. The zero-order chi connectivity index (χ0) is 13.1. The smallest absolute Gasteiger partial charge is 0.278 e. The van der Waals surface area contributed by atoms with Crippen LogP contribution in [0.5, 0.6) is 0 Å². The molecular weight excluding hydrogens is 240 g/mol. The van der Waals surface area contributed by atoms with Gasteiger partial charge >= 0.3 is 0 Å². The molecule has 3 rings (SSSR count). The van der Waals surface area contributed by atoms with Gasteiger partial charge in [-0.2, -0.15) is 0 Å².